The number of carbonyl (C=O) groups is 2. The van der Waals surface area contributed by atoms with Gasteiger partial charge < -0.3 is 24.5 Å². The molecule has 0 unspecified atom stereocenters. The summed E-state index contributed by atoms with van der Waals surface area (Å²) in [5.41, 5.74) is -0.902. The fourth-order valence-corrected chi connectivity index (χ4v) is 2.78. The summed E-state index contributed by atoms with van der Waals surface area (Å²) < 4.78 is 17.5. The van der Waals surface area contributed by atoms with Crippen molar-refractivity contribution >= 4 is 36.9 Å². The molecule has 2 N–H and O–H groups in total. The number of ether oxygens (including phenoxy) is 1. The van der Waals surface area contributed by atoms with Crippen molar-refractivity contribution in [1.29, 1.82) is 0 Å². The average Bonchev–Trinajstić information content (AvgIpc) is 2.78. The summed E-state index contributed by atoms with van der Waals surface area (Å²) in [7, 11) is -0.756. The van der Waals surface area contributed by atoms with Gasteiger partial charge in [-0.3, -0.25) is 0 Å². The van der Waals surface area contributed by atoms with Gasteiger partial charge in [-0.2, -0.15) is 0 Å². The molecule has 10 heteroatoms. The molecule has 0 bridgehead atoms. The quantitative estimate of drug-likeness (QED) is 0.529. The third-order valence-corrected chi connectivity index (χ3v) is 5.14. The number of halogens is 1. The van der Waals surface area contributed by atoms with Crippen LogP contribution in [0.5, 0.6) is 0 Å². The van der Waals surface area contributed by atoms with Crippen LogP contribution in [0.4, 0.5) is 4.79 Å². The summed E-state index contributed by atoms with van der Waals surface area (Å²) in [5, 5.41) is 11.9. The molecular weight excluding hydrogens is 410 g/mol. The number of carboxylic acid groups (broad SMARTS) is 1. The highest BCUT2D eigenvalue weighted by Crippen LogP contribution is 2.38. The van der Waals surface area contributed by atoms with E-state index in [1.54, 1.807) is 26.8 Å². The zero-order valence-corrected chi connectivity index (χ0v) is 19.1. The van der Waals surface area contributed by atoms with Crippen LogP contribution in [0, 0.1) is 0 Å². The molecule has 0 aromatic carbocycles. The molecule has 1 aliphatic rings. The van der Waals surface area contributed by atoms with Gasteiger partial charge in [0.2, 0.25) is 0 Å². The molecule has 8 nitrogen and oxygen atoms in total. The average molecular weight is 439 g/mol. The van der Waals surface area contributed by atoms with Crippen LogP contribution in [0.25, 0.3) is 6.08 Å². The molecule has 1 amide bonds. The third kappa shape index (κ3) is 5.96. The molecule has 0 aliphatic carbocycles. The summed E-state index contributed by atoms with van der Waals surface area (Å²) in [6, 6.07) is 1.40. The standard InChI is InChI=1S/C20H28BClN2O6/c1-18(2,3)28-17(27)24-11-13(21-29-19(4,5)20(6,7)30-21)8-12-9-14(16(25)26)15(22)23-10-12/h8-10H,11H2,1-7H3,(H,24,27)(H,25,26). The lowest BCUT2D eigenvalue weighted by molar-refractivity contribution is 0.00578. The smallest absolute Gasteiger partial charge is 0.478 e. The molecule has 2 heterocycles. The van der Waals surface area contributed by atoms with Crippen molar-refractivity contribution in [3.05, 3.63) is 34.0 Å². The summed E-state index contributed by atoms with van der Waals surface area (Å²) in [4.78, 5) is 27.4. The van der Waals surface area contributed by atoms with Gasteiger partial charge >= 0.3 is 19.2 Å². The Morgan fingerprint density at radius 2 is 1.83 bits per heavy atom. The first-order valence-corrected chi connectivity index (χ1v) is 9.91. The number of nitrogens with one attached hydrogen (secondary N) is 1. The molecule has 1 aliphatic heterocycles. The van der Waals surface area contributed by atoms with Crippen molar-refractivity contribution in [3.8, 4) is 0 Å². The lowest BCUT2D eigenvalue weighted by Crippen LogP contribution is -2.41. The summed E-state index contributed by atoms with van der Waals surface area (Å²) in [6.45, 7) is 13.0. The van der Waals surface area contributed by atoms with Gasteiger partial charge in [0.05, 0.1) is 16.8 Å². The second-order valence-electron chi connectivity index (χ2n) is 9.08. The summed E-state index contributed by atoms with van der Waals surface area (Å²) >= 11 is 5.86. The zero-order chi connectivity index (χ0) is 22.9. The van der Waals surface area contributed by atoms with Crippen LogP contribution in [0.1, 0.15) is 64.4 Å². The van der Waals surface area contributed by atoms with Gasteiger partial charge in [-0.05, 0) is 65.6 Å². The molecule has 1 saturated heterocycles. The van der Waals surface area contributed by atoms with Crippen molar-refractivity contribution in [1.82, 2.24) is 10.3 Å². The number of nitrogens with zero attached hydrogens (tertiary/aromatic N) is 1. The van der Waals surface area contributed by atoms with Crippen molar-refractivity contribution in [3.63, 3.8) is 0 Å². The third-order valence-electron chi connectivity index (χ3n) is 4.83. The number of pyridine rings is 1. The minimum Gasteiger partial charge on any atom is -0.478 e. The maximum atomic E-state index is 12.1. The molecule has 0 spiro atoms. The monoisotopic (exact) mass is 438 g/mol. The van der Waals surface area contributed by atoms with E-state index in [4.69, 9.17) is 25.6 Å². The van der Waals surface area contributed by atoms with Gasteiger partial charge in [-0.15, -0.1) is 0 Å². The SMILES string of the molecule is CC(C)(C)OC(=O)NCC(=Cc1cnc(Cl)c(C(=O)O)c1)B1OC(C)(C)C(C)(C)O1. The van der Waals surface area contributed by atoms with Gasteiger partial charge in [0, 0.05) is 12.7 Å². The topological polar surface area (TPSA) is 107 Å². The van der Waals surface area contributed by atoms with E-state index in [9.17, 15) is 14.7 Å². The fourth-order valence-electron chi connectivity index (χ4n) is 2.59. The van der Waals surface area contributed by atoms with Crippen LogP contribution < -0.4 is 5.32 Å². The number of rotatable bonds is 5. The highest BCUT2D eigenvalue weighted by Gasteiger charge is 2.52. The lowest BCUT2D eigenvalue weighted by atomic mass is 9.77. The number of aromatic carboxylic acids is 1. The highest BCUT2D eigenvalue weighted by molar-refractivity contribution is 6.56. The molecule has 0 atom stereocenters. The maximum absolute atomic E-state index is 12.1. The van der Waals surface area contributed by atoms with E-state index in [2.05, 4.69) is 10.3 Å². The van der Waals surface area contributed by atoms with E-state index < -0.39 is 36.0 Å². The number of aromatic nitrogens is 1. The maximum Gasteiger partial charge on any atom is 0.492 e. The first-order valence-electron chi connectivity index (χ1n) is 9.53. The fraction of sp³-hybridized carbons (Fsp3) is 0.550. The number of alkyl carbamates (subject to hydrolysis) is 1. The Hall–Kier alpha value is -2.10. The molecule has 1 fully saturated rings. The molecule has 0 radical (unpaired) electrons. The zero-order valence-electron chi connectivity index (χ0n) is 18.3. The predicted molar refractivity (Wildman–Crippen MR) is 115 cm³/mol. The van der Waals surface area contributed by atoms with E-state index in [1.807, 2.05) is 27.7 Å². The number of carboxylic acids is 1. The Balaban J connectivity index is 2.34. The predicted octanol–water partition coefficient (Wildman–Crippen LogP) is 3.97. The summed E-state index contributed by atoms with van der Waals surface area (Å²) in [5.74, 6) is -1.19. The van der Waals surface area contributed by atoms with Crippen LogP contribution in [0.3, 0.4) is 0 Å². The minimum absolute atomic E-state index is 0.0662. The van der Waals surface area contributed by atoms with Gasteiger partial charge in [0.25, 0.3) is 0 Å². The van der Waals surface area contributed by atoms with E-state index in [1.165, 1.54) is 12.3 Å². The number of carbonyl (C=O) groups excluding carboxylic acids is 1. The first-order chi connectivity index (χ1) is 13.6. The second kappa shape index (κ2) is 8.57. The Bertz CT molecular complexity index is 847. The van der Waals surface area contributed by atoms with E-state index in [0.717, 1.165) is 0 Å². The van der Waals surface area contributed by atoms with Gasteiger partial charge in [-0.25, -0.2) is 14.6 Å². The Kier molecular flexibility index (Phi) is 6.90. The number of amides is 1. The first kappa shape index (κ1) is 24.2. The van der Waals surface area contributed by atoms with Gasteiger partial charge in [-0.1, -0.05) is 17.7 Å². The number of hydrogen-bond donors (Lipinski definition) is 2. The Morgan fingerprint density at radius 3 is 2.33 bits per heavy atom. The molecule has 2 rings (SSSR count). The van der Waals surface area contributed by atoms with E-state index >= 15 is 0 Å². The molecular formula is C20H28BClN2O6. The molecule has 164 valence electrons. The largest absolute Gasteiger partial charge is 0.492 e. The van der Waals surface area contributed by atoms with Crippen LogP contribution >= 0.6 is 11.6 Å². The van der Waals surface area contributed by atoms with Crippen molar-refractivity contribution in [2.75, 3.05) is 6.54 Å². The van der Waals surface area contributed by atoms with Crippen LogP contribution in [-0.4, -0.2) is 52.6 Å². The molecule has 30 heavy (non-hydrogen) atoms. The van der Waals surface area contributed by atoms with Crippen LogP contribution in [0.15, 0.2) is 17.7 Å². The van der Waals surface area contributed by atoms with Crippen molar-refractivity contribution in [2.24, 2.45) is 0 Å². The van der Waals surface area contributed by atoms with Crippen molar-refractivity contribution in [2.45, 2.75) is 65.3 Å². The van der Waals surface area contributed by atoms with Crippen LogP contribution in [0.2, 0.25) is 5.15 Å². The lowest BCUT2D eigenvalue weighted by Gasteiger charge is -2.32. The molecule has 1 aromatic heterocycles. The Labute approximate surface area is 182 Å². The summed E-state index contributed by atoms with van der Waals surface area (Å²) in [6.07, 6.45) is 2.51. The van der Waals surface area contributed by atoms with Crippen LogP contribution in [-0.2, 0) is 14.0 Å². The van der Waals surface area contributed by atoms with Gasteiger partial charge in [0.1, 0.15) is 10.8 Å². The normalized spacial score (nSPS) is 18.3. The second-order valence-corrected chi connectivity index (χ2v) is 9.43. The molecule has 0 saturated carbocycles. The highest BCUT2D eigenvalue weighted by atomic mass is 35.5. The van der Waals surface area contributed by atoms with Crippen molar-refractivity contribution < 1.29 is 28.7 Å². The number of hydrogen-bond acceptors (Lipinski definition) is 6. The van der Waals surface area contributed by atoms with E-state index in [-0.39, 0.29) is 17.3 Å². The minimum atomic E-state index is -1.19. The Morgan fingerprint density at radius 1 is 1.27 bits per heavy atom. The van der Waals surface area contributed by atoms with E-state index in [0.29, 0.717) is 11.0 Å². The van der Waals surface area contributed by atoms with Gasteiger partial charge in [0.15, 0.2) is 0 Å². The molecule has 1 aromatic rings.